The van der Waals surface area contributed by atoms with Gasteiger partial charge in [-0.15, -0.1) is 0 Å². The molecule has 0 unspecified atom stereocenters. The second-order valence-corrected chi connectivity index (χ2v) is 3.85. The van der Waals surface area contributed by atoms with Gasteiger partial charge in [-0.1, -0.05) is 0 Å². The van der Waals surface area contributed by atoms with E-state index in [1.54, 1.807) is 7.11 Å². The summed E-state index contributed by atoms with van der Waals surface area (Å²) in [5.41, 5.74) is 7.86. The van der Waals surface area contributed by atoms with Gasteiger partial charge in [0.15, 0.2) is 17.3 Å². The molecule has 3 rings (SSSR count). The predicted molar refractivity (Wildman–Crippen MR) is 65.0 cm³/mol. The van der Waals surface area contributed by atoms with Gasteiger partial charge < -0.3 is 15.0 Å². The van der Waals surface area contributed by atoms with Crippen molar-refractivity contribution in [3.63, 3.8) is 0 Å². The summed E-state index contributed by atoms with van der Waals surface area (Å²) in [6.07, 6.45) is 0. The Balaban J connectivity index is 2.25. The molecule has 0 radical (unpaired) electrons. The van der Waals surface area contributed by atoms with Crippen LogP contribution in [0.4, 0.5) is 5.82 Å². The molecule has 0 amide bonds. The lowest BCUT2D eigenvalue weighted by molar-refractivity contribution is 0.310. The van der Waals surface area contributed by atoms with Crippen LogP contribution >= 0.6 is 0 Å². The van der Waals surface area contributed by atoms with Gasteiger partial charge in [-0.05, 0) is 22.4 Å². The predicted octanol–water partition coefficient (Wildman–Crippen LogP) is 1.21. The van der Waals surface area contributed by atoms with Crippen LogP contribution in [0.25, 0.3) is 22.6 Å². The van der Waals surface area contributed by atoms with Gasteiger partial charge in [-0.25, -0.2) is 9.61 Å². The Morgan fingerprint density at radius 1 is 1.33 bits per heavy atom. The van der Waals surface area contributed by atoms with E-state index in [1.807, 2.05) is 29.8 Å². The Morgan fingerprint density at radius 3 is 2.83 bits per heavy atom. The van der Waals surface area contributed by atoms with E-state index < -0.39 is 0 Å². The maximum Gasteiger partial charge on any atom is 0.199 e. The van der Waals surface area contributed by atoms with Gasteiger partial charge >= 0.3 is 0 Å². The highest BCUT2D eigenvalue weighted by Gasteiger charge is 2.17. The first kappa shape index (κ1) is 10.6. The molecule has 3 aromatic rings. The van der Waals surface area contributed by atoms with Crippen molar-refractivity contribution in [1.82, 2.24) is 19.9 Å². The van der Waals surface area contributed by atoms with Gasteiger partial charge in [-0.2, -0.15) is 0 Å². The highest BCUT2D eigenvalue weighted by Crippen LogP contribution is 2.27. The van der Waals surface area contributed by atoms with Crippen LogP contribution in [0, 0.1) is 0 Å². The Kier molecular flexibility index (Phi) is 2.19. The molecule has 2 N–H and O–H groups in total. The Labute approximate surface area is 102 Å². The summed E-state index contributed by atoms with van der Waals surface area (Å²) in [6, 6.07) is 5.65. The fraction of sp³-hybridized carbons (Fsp3) is 0.182. The molecule has 0 saturated heterocycles. The largest absolute Gasteiger partial charge is 0.497 e. The molecule has 0 spiro atoms. The highest BCUT2D eigenvalue weighted by molar-refractivity contribution is 5.82. The first-order valence-electron chi connectivity index (χ1n) is 5.29. The minimum atomic E-state index is 0.223. The van der Waals surface area contributed by atoms with Crippen LogP contribution in [0.3, 0.4) is 0 Å². The molecule has 2 heterocycles. The number of nitrogen functional groups attached to an aromatic ring is 1. The average molecular weight is 245 g/mol. The summed E-state index contributed by atoms with van der Waals surface area (Å²) < 4.78 is 11.6. The van der Waals surface area contributed by atoms with Crippen LogP contribution in [0.5, 0.6) is 5.75 Å². The maximum absolute atomic E-state index is 5.67. The van der Waals surface area contributed by atoms with Crippen molar-refractivity contribution in [1.29, 1.82) is 0 Å². The molecule has 1 aromatic carbocycles. The molecule has 0 atom stereocenters. The van der Waals surface area contributed by atoms with E-state index in [9.17, 15) is 0 Å². The number of methoxy groups -OCH3 is 1. The van der Waals surface area contributed by atoms with Crippen LogP contribution in [-0.4, -0.2) is 27.0 Å². The number of imidazole rings is 1. The number of aryl methyl sites for hydroxylation is 1. The molecule has 0 fully saturated rings. The van der Waals surface area contributed by atoms with Crippen molar-refractivity contribution in [3.8, 4) is 17.3 Å². The van der Waals surface area contributed by atoms with Crippen molar-refractivity contribution >= 4 is 16.9 Å². The molecule has 7 heteroatoms. The van der Waals surface area contributed by atoms with Gasteiger partial charge in [-0.3, -0.25) is 0 Å². The monoisotopic (exact) mass is 245 g/mol. The maximum atomic E-state index is 5.67. The topological polar surface area (TPSA) is 92.0 Å². The second-order valence-electron chi connectivity index (χ2n) is 3.85. The van der Waals surface area contributed by atoms with Crippen molar-refractivity contribution in [3.05, 3.63) is 18.2 Å². The second kappa shape index (κ2) is 3.73. The SMILES string of the molecule is COc1ccc2c(c1)nc(-c1nonc1N)n2C. The fourth-order valence-corrected chi connectivity index (χ4v) is 1.87. The fourth-order valence-electron chi connectivity index (χ4n) is 1.87. The number of hydrogen-bond acceptors (Lipinski definition) is 6. The third kappa shape index (κ3) is 1.41. The number of fused-ring (bicyclic) bond motifs is 1. The van der Waals surface area contributed by atoms with E-state index in [-0.39, 0.29) is 5.82 Å². The zero-order valence-electron chi connectivity index (χ0n) is 9.91. The van der Waals surface area contributed by atoms with Crippen molar-refractivity contribution in [2.75, 3.05) is 12.8 Å². The Morgan fingerprint density at radius 2 is 2.17 bits per heavy atom. The molecule has 0 aliphatic rings. The van der Waals surface area contributed by atoms with Gasteiger partial charge in [0.1, 0.15) is 5.75 Å². The Hall–Kier alpha value is -2.57. The van der Waals surface area contributed by atoms with Crippen molar-refractivity contribution in [2.45, 2.75) is 0 Å². The van der Waals surface area contributed by atoms with E-state index in [0.717, 1.165) is 16.8 Å². The smallest absolute Gasteiger partial charge is 0.199 e. The van der Waals surface area contributed by atoms with E-state index in [4.69, 9.17) is 10.5 Å². The molecule has 0 saturated carbocycles. The van der Waals surface area contributed by atoms with Gasteiger partial charge in [0.2, 0.25) is 0 Å². The first-order chi connectivity index (χ1) is 8.70. The average Bonchev–Trinajstić information content (AvgIpc) is 2.93. The van der Waals surface area contributed by atoms with Crippen LogP contribution < -0.4 is 10.5 Å². The molecule has 2 aromatic heterocycles. The van der Waals surface area contributed by atoms with E-state index >= 15 is 0 Å². The number of rotatable bonds is 2. The molecule has 7 nitrogen and oxygen atoms in total. The molecule has 0 bridgehead atoms. The van der Waals surface area contributed by atoms with Gasteiger partial charge in [0, 0.05) is 13.1 Å². The van der Waals surface area contributed by atoms with E-state index in [2.05, 4.69) is 19.9 Å². The third-order valence-corrected chi connectivity index (χ3v) is 2.81. The molecule has 0 aliphatic carbocycles. The van der Waals surface area contributed by atoms with E-state index in [0.29, 0.717) is 11.5 Å². The summed E-state index contributed by atoms with van der Waals surface area (Å²) >= 11 is 0. The zero-order valence-corrected chi connectivity index (χ0v) is 9.91. The molecule has 18 heavy (non-hydrogen) atoms. The third-order valence-electron chi connectivity index (χ3n) is 2.81. The number of aromatic nitrogens is 4. The summed E-state index contributed by atoms with van der Waals surface area (Å²) in [4.78, 5) is 4.46. The quantitative estimate of drug-likeness (QED) is 0.729. The summed E-state index contributed by atoms with van der Waals surface area (Å²) in [5.74, 6) is 1.58. The lowest BCUT2D eigenvalue weighted by Gasteiger charge is -2.00. The number of hydrogen-bond donors (Lipinski definition) is 1. The van der Waals surface area contributed by atoms with Crippen LogP contribution in [-0.2, 0) is 7.05 Å². The normalized spacial score (nSPS) is 11.0. The number of ether oxygens (including phenoxy) is 1. The van der Waals surface area contributed by atoms with Gasteiger partial charge in [0.25, 0.3) is 0 Å². The van der Waals surface area contributed by atoms with E-state index in [1.165, 1.54) is 0 Å². The number of benzene rings is 1. The summed E-state index contributed by atoms with van der Waals surface area (Å²) in [5, 5.41) is 7.31. The molecule has 92 valence electrons. The summed E-state index contributed by atoms with van der Waals surface area (Å²) in [6.45, 7) is 0. The summed E-state index contributed by atoms with van der Waals surface area (Å²) in [7, 11) is 3.50. The van der Waals surface area contributed by atoms with Crippen LogP contribution in [0.1, 0.15) is 0 Å². The molecular weight excluding hydrogens is 234 g/mol. The Bertz CT molecular complexity index is 715. The number of anilines is 1. The number of nitrogens with zero attached hydrogens (tertiary/aromatic N) is 4. The van der Waals surface area contributed by atoms with Crippen molar-refractivity contribution < 1.29 is 9.37 Å². The lowest BCUT2D eigenvalue weighted by Crippen LogP contribution is -1.96. The van der Waals surface area contributed by atoms with Crippen molar-refractivity contribution in [2.24, 2.45) is 7.05 Å². The number of nitrogens with two attached hydrogens (primary N) is 1. The minimum Gasteiger partial charge on any atom is -0.497 e. The zero-order chi connectivity index (χ0) is 12.7. The minimum absolute atomic E-state index is 0.223. The standard InChI is InChI=1S/C11H11N5O2/c1-16-8-4-3-6(17-2)5-7(8)13-11(16)9-10(12)15-18-14-9/h3-5H,1-2H3,(H2,12,15). The molecular formula is C11H11N5O2. The van der Waals surface area contributed by atoms with Gasteiger partial charge in [0.05, 0.1) is 18.1 Å². The highest BCUT2D eigenvalue weighted by atomic mass is 16.6. The van der Waals surface area contributed by atoms with Crippen LogP contribution in [0.2, 0.25) is 0 Å². The molecule has 0 aliphatic heterocycles. The first-order valence-corrected chi connectivity index (χ1v) is 5.29. The lowest BCUT2D eigenvalue weighted by atomic mass is 10.3. The van der Waals surface area contributed by atoms with Crippen LogP contribution in [0.15, 0.2) is 22.8 Å².